The number of rotatable bonds is 7. The highest BCUT2D eigenvalue weighted by atomic mass is 19.1. The van der Waals surface area contributed by atoms with Crippen molar-refractivity contribution in [3.8, 4) is 0 Å². The first-order chi connectivity index (χ1) is 11.8. The topological polar surface area (TPSA) is 55.8 Å². The van der Waals surface area contributed by atoms with Crippen LogP contribution in [-0.2, 0) is 4.79 Å². The van der Waals surface area contributed by atoms with Crippen molar-refractivity contribution in [1.82, 2.24) is 15.1 Å². The van der Waals surface area contributed by atoms with Gasteiger partial charge in [-0.15, -0.1) is 0 Å². The number of aliphatic hydroxyl groups excluding tert-OH is 1. The zero-order valence-corrected chi connectivity index (χ0v) is 15.0. The van der Waals surface area contributed by atoms with Crippen molar-refractivity contribution in [3.63, 3.8) is 0 Å². The molecule has 0 spiro atoms. The normalized spacial score (nSPS) is 30.0. The first kappa shape index (κ1) is 18.3. The Labute approximate surface area is 148 Å². The largest absolute Gasteiger partial charge is 0.396 e. The fourth-order valence-electron chi connectivity index (χ4n) is 4.46. The minimum absolute atomic E-state index is 0.00645. The van der Waals surface area contributed by atoms with E-state index in [1.54, 1.807) is 0 Å². The lowest BCUT2D eigenvalue weighted by molar-refractivity contribution is -0.168. The Morgan fingerprint density at radius 3 is 2.60 bits per heavy atom. The molecule has 6 heteroatoms. The van der Waals surface area contributed by atoms with Gasteiger partial charge in [-0.3, -0.25) is 9.69 Å². The highest BCUT2D eigenvalue weighted by Crippen LogP contribution is 2.54. The number of likely N-dealkylation sites (N-methyl/N-ethyl adjacent to an activating group) is 1. The Bertz CT molecular complexity index is 602. The number of alkyl halides is 1. The van der Waals surface area contributed by atoms with Crippen molar-refractivity contribution in [2.45, 2.75) is 24.6 Å². The Kier molecular flexibility index (Phi) is 5.14. The third-order valence-corrected chi connectivity index (χ3v) is 5.45. The molecule has 1 atom stereocenters. The molecule has 1 amide bonds. The second-order valence-corrected chi connectivity index (χ2v) is 8.00. The molecule has 1 aromatic rings. The number of halogens is 1. The van der Waals surface area contributed by atoms with E-state index in [-0.39, 0.29) is 37.1 Å². The highest BCUT2D eigenvalue weighted by Gasteiger charge is 2.60. The average Bonchev–Trinajstić information content (AvgIpc) is 2.54. The number of piperidine rings is 2. The molecule has 2 N–H and O–H groups in total. The predicted molar refractivity (Wildman–Crippen MR) is 94.9 cm³/mol. The summed E-state index contributed by atoms with van der Waals surface area (Å²) in [6.45, 7) is 1.57. The minimum Gasteiger partial charge on any atom is -0.396 e. The minimum atomic E-state index is -1.22. The fraction of sp³-hybridized carbons (Fsp3) is 0.632. The molecule has 3 aliphatic rings. The molecule has 2 aliphatic heterocycles. The summed E-state index contributed by atoms with van der Waals surface area (Å²) in [6, 6.07) is 10.1. The Balaban J connectivity index is 1.52. The Hall–Kier alpha value is -1.50. The number of amides is 1. The van der Waals surface area contributed by atoms with E-state index in [4.69, 9.17) is 0 Å². The number of hydrogen-bond donors (Lipinski definition) is 2. The zero-order valence-electron chi connectivity index (χ0n) is 15.0. The van der Waals surface area contributed by atoms with Gasteiger partial charge in [0.2, 0.25) is 5.91 Å². The Morgan fingerprint density at radius 1 is 1.32 bits per heavy atom. The number of nitrogens with zero attached hydrogens (tertiary/aromatic N) is 2. The molecular formula is C19H28FN3O2. The summed E-state index contributed by atoms with van der Waals surface area (Å²) >= 11 is 0. The predicted octanol–water partition coefficient (Wildman–Crippen LogP) is 1.20. The number of carbonyl (C=O) groups is 1. The number of nitrogens with one attached hydrogen (secondary N) is 1. The number of aliphatic hydroxyl groups is 1. The van der Waals surface area contributed by atoms with Gasteiger partial charge in [-0.25, -0.2) is 4.39 Å². The van der Waals surface area contributed by atoms with Crippen molar-refractivity contribution in [2.24, 2.45) is 5.41 Å². The van der Waals surface area contributed by atoms with Gasteiger partial charge in [0.1, 0.15) is 5.67 Å². The molecule has 4 rings (SSSR count). The summed E-state index contributed by atoms with van der Waals surface area (Å²) in [5, 5.41) is 12.5. The average molecular weight is 349 g/mol. The molecule has 25 heavy (non-hydrogen) atoms. The van der Waals surface area contributed by atoms with Crippen LogP contribution in [0, 0.1) is 5.41 Å². The van der Waals surface area contributed by atoms with Crippen molar-refractivity contribution >= 4 is 5.91 Å². The molecule has 1 aromatic carbocycles. The quantitative estimate of drug-likeness (QED) is 0.777. The summed E-state index contributed by atoms with van der Waals surface area (Å²) in [6.07, 6.45) is 0.844. The van der Waals surface area contributed by atoms with Crippen LogP contribution in [0.25, 0.3) is 0 Å². The lowest BCUT2D eigenvalue weighted by Gasteiger charge is -2.59. The summed E-state index contributed by atoms with van der Waals surface area (Å²) in [7, 11) is 3.97. The molecule has 1 saturated carbocycles. The van der Waals surface area contributed by atoms with E-state index in [9.17, 15) is 14.3 Å². The lowest BCUT2D eigenvalue weighted by atomic mass is 9.57. The van der Waals surface area contributed by atoms with E-state index in [1.165, 1.54) is 0 Å². The zero-order chi connectivity index (χ0) is 18.1. The van der Waals surface area contributed by atoms with Gasteiger partial charge in [0.15, 0.2) is 0 Å². The second kappa shape index (κ2) is 7.02. The van der Waals surface area contributed by atoms with Gasteiger partial charge in [-0.2, -0.15) is 0 Å². The lowest BCUT2D eigenvalue weighted by Crippen LogP contribution is -2.67. The molecule has 1 unspecified atom stereocenters. The summed E-state index contributed by atoms with van der Waals surface area (Å²) in [5.41, 5.74) is -0.421. The van der Waals surface area contributed by atoms with Crippen LogP contribution < -0.4 is 5.32 Å². The van der Waals surface area contributed by atoms with Gasteiger partial charge in [-0.05, 0) is 32.5 Å². The maximum atomic E-state index is 14.4. The van der Waals surface area contributed by atoms with Gasteiger partial charge in [-0.1, -0.05) is 30.3 Å². The molecule has 138 valence electrons. The van der Waals surface area contributed by atoms with Gasteiger partial charge >= 0.3 is 0 Å². The van der Waals surface area contributed by atoms with Crippen LogP contribution in [0.4, 0.5) is 4.39 Å². The SMILES string of the molecule is CN(C)C(CNC(=O)CN1CC2(F)CC(CO)(C1)C2)c1ccccc1. The van der Waals surface area contributed by atoms with Gasteiger partial charge in [0.25, 0.3) is 0 Å². The van der Waals surface area contributed by atoms with Crippen molar-refractivity contribution in [2.75, 3.05) is 46.9 Å². The van der Waals surface area contributed by atoms with E-state index in [0.29, 0.717) is 25.9 Å². The van der Waals surface area contributed by atoms with E-state index in [2.05, 4.69) is 10.2 Å². The maximum Gasteiger partial charge on any atom is 0.234 e. The van der Waals surface area contributed by atoms with Crippen molar-refractivity contribution in [1.29, 1.82) is 0 Å². The van der Waals surface area contributed by atoms with Gasteiger partial charge < -0.3 is 15.3 Å². The maximum absolute atomic E-state index is 14.4. The van der Waals surface area contributed by atoms with Crippen LogP contribution >= 0.6 is 0 Å². The second-order valence-electron chi connectivity index (χ2n) is 8.00. The van der Waals surface area contributed by atoms with E-state index in [1.807, 2.05) is 49.3 Å². The summed E-state index contributed by atoms with van der Waals surface area (Å²) in [4.78, 5) is 16.2. The van der Waals surface area contributed by atoms with E-state index >= 15 is 0 Å². The fourth-order valence-corrected chi connectivity index (χ4v) is 4.46. The van der Waals surface area contributed by atoms with Gasteiger partial charge in [0.05, 0.1) is 19.2 Å². The van der Waals surface area contributed by atoms with Gasteiger partial charge in [0, 0.05) is 25.0 Å². The van der Waals surface area contributed by atoms with Crippen LogP contribution in [-0.4, -0.2) is 73.4 Å². The van der Waals surface area contributed by atoms with Crippen LogP contribution in [0.15, 0.2) is 30.3 Å². The monoisotopic (exact) mass is 349 g/mol. The third-order valence-electron chi connectivity index (χ3n) is 5.45. The molecule has 3 fully saturated rings. The van der Waals surface area contributed by atoms with Crippen molar-refractivity contribution in [3.05, 3.63) is 35.9 Å². The molecule has 2 saturated heterocycles. The smallest absolute Gasteiger partial charge is 0.234 e. The first-order valence-electron chi connectivity index (χ1n) is 8.85. The van der Waals surface area contributed by atoms with Crippen molar-refractivity contribution < 1.29 is 14.3 Å². The number of benzene rings is 1. The molecule has 2 bridgehead atoms. The number of hydrogen-bond acceptors (Lipinski definition) is 4. The number of carbonyl (C=O) groups excluding carboxylic acids is 1. The highest BCUT2D eigenvalue weighted by molar-refractivity contribution is 5.78. The number of fused-ring (bicyclic) bond motifs is 2. The first-order valence-corrected chi connectivity index (χ1v) is 8.85. The summed E-state index contributed by atoms with van der Waals surface area (Å²) < 4.78 is 14.4. The molecule has 2 heterocycles. The Morgan fingerprint density at radius 2 is 2.00 bits per heavy atom. The third kappa shape index (κ3) is 4.02. The van der Waals surface area contributed by atoms with Crippen LogP contribution in [0.5, 0.6) is 0 Å². The molecule has 5 nitrogen and oxygen atoms in total. The molecular weight excluding hydrogens is 321 g/mol. The van der Waals surface area contributed by atoms with Crippen LogP contribution in [0.3, 0.4) is 0 Å². The molecule has 0 radical (unpaired) electrons. The van der Waals surface area contributed by atoms with E-state index in [0.717, 1.165) is 5.56 Å². The van der Waals surface area contributed by atoms with E-state index < -0.39 is 5.67 Å². The van der Waals surface area contributed by atoms with Crippen LogP contribution in [0.2, 0.25) is 0 Å². The van der Waals surface area contributed by atoms with Crippen LogP contribution in [0.1, 0.15) is 24.4 Å². The molecule has 1 aliphatic carbocycles. The summed E-state index contributed by atoms with van der Waals surface area (Å²) in [5.74, 6) is -0.0965. The molecule has 0 aromatic heterocycles. The standard InChI is InChI=1S/C19H28FN3O2/c1-22(2)16(15-6-4-3-5-7-15)8-21-17(25)9-23-12-18(14-24)10-19(20,11-18)13-23/h3-7,16,24H,8-14H2,1-2H3,(H,21,25).